The number of nitrogens with two attached hydrogens (primary N) is 1. The van der Waals surface area contributed by atoms with E-state index in [1.807, 2.05) is 13.8 Å². The van der Waals surface area contributed by atoms with Gasteiger partial charge in [0.05, 0.1) is 12.2 Å². The van der Waals surface area contributed by atoms with Crippen LogP contribution in [-0.4, -0.2) is 16.6 Å². The van der Waals surface area contributed by atoms with E-state index in [1.54, 1.807) is 0 Å². The van der Waals surface area contributed by atoms with E-state index in [0.717, 1.165) is 6.07 Å². The molecule has 0 aliphatic heterocycles. The molecule has 0 fully saturated rings. The zero-order valence-electron chi connectivity index (χ0n) is 10.6. The Kier molecular flexibility index (Phi) is 5.11. The number of hydrogen-bond acceptors (Lipinski definition) is 3. The fourth-order valence-corrected chi connectivity index (χ4v) is 1.44. The summed E-state index contributed by atoms with van der Waals surface area (Å²) in [5, 5.41) is 0. The number of rotatable bonds is 5. The van der Waals surface area contributed by atoms with Gasteiger partial charge in [0, 0.05) is 0 Å². The highest BCUT2D eigenvalue weighted by atomic mass is 32.1. The molecule has 0 aromatic carbocycles. The van der Waals surface area contributed by atoms with Gasteiger partial charge < -0.3 is 10.5 Å². The summed E-state index contributed by atoms with van der Waals surface area (Å²) in [6.45, 7) is 4.23. The van der Waals surface area contributed by atoms with Crippen LogP contribution in [0.1, 0.15) is 31.5 Å². The summed E-state index contributed by atoms with van der Waals surface area (Å²) < 4.78 is 43.0. The van der Waals surface area contributed by atoms with Gasteiger partial charge in [-0.15, -0.1) is 0 Å². The van der Waals surface area contributed by atoms with Crippen molar-refractivity contribution < 1.29 is 17.9 Å². The molecule has 1 rings (SSSR count). The number of aromatic nitrogens is 1. The summed E-state index contributed by atoms with van der Waals surface area (Å²) in [6, 6.07) is 2.02. The summed E-state index contributed by atoms with van der Waals surface area (Å²) in [4.78, 5) is 3.41. The van der Waals surface area contributed by atoms with Crippen molar-refractivity contribution in [2.24, 2.45) is 11.7 Å². The first-order chi connectivity index (χ1) is 8.71. The Hall–Kier alpha value is -1.37. The van der Waals surface area contributed by atoms with Crippen molar-refractivity contribution >= 4 is 17.2 Å². The molecular weight excluding hydrogens is 277 g/mol. The molecule has 0 saturated heterocycles. The Bertz CT molecular complexity index is 461. The SMILES string of the molecule is CC(C)CCOc1nc(C(F)(F)F)ccc1C(N)=S. The highest BCUT2D eigenvalue weighted by Gasteiger charge is 2.33. The lowest BCUT2D eigenvalue weighted by molar-refractivity contribution is -0.141. The maximum absolute atomic E-state index is 12.6. The van der Waals surface area contributed by atoms with Crippen LogP contribution in [0.5, 0.6) is 5.88 Å². The molecular formula is C12H15F3N2OS. The zero-order chi connectivity index (χ0) is 14.6. The van der Waals surface area contributed by atoms with Crippen molar-refractivity contribution in [1.29, 1.82) is 0 Å². The van der Waals surface area contributed by atoms with Crippen molar-refractivity contribution in [3.05, 3.63) is 23.4 Å². The molecule has 0 aliphatic rings. The summed E-state index contributed by atoms with van der Waals surface area (Å²) in [6.07, 6.45) is -3.82. The topological polar surface area (TPSA) is 48.1 Å². The third-order valence-corrected chi connectivity index (χ3v) is 2.57. The van der Waals surface area contributed by atoms with Gasteiger partial charge >= 0.3 is 6.18 Å². The molecule has 0 saturated carbocycles. The van der Waals surface area contributed by atoms with Crippen LogP contribution in [-0.2, 0) is 6.18 Å². The lowest BCUT2D eigenvalue weighted by atomic mass is 10.1. The number of halogens is 3. The van der Waals surface area contributed by atoms with Crippen LogP contribution in [0.25, 0.3) is 0 Å². The zero-order valence-corrected chi connectivity index (χ0v) is 11.4. The van der Waals surface area contributed by atoms with E-state index in [1.165, 1.54) is 6.07 Å². The minimum absolute atomic E-state index is 0.0410. The number of pyridine rings is 1. The molecule has 0 aliphatic carbocycles. The molecule has 0 atom stereocenters. The summed E-state index contributed by atoms with van der Waals surface area (Å²) in [5.74, 6) is 0.210. The lowest BCUT2D eigenvalue weighted by Crippen LogP contribution is -2.16. The number of alkyl halides is 3. The van der Waals surface area contributed by atoms with E-state index in [0.29, 0.717) is 12.3 Å². The Morgan fingerprint density at radius 3 is 2.53 bits per heavy atom. The van der Waals surface area contributed by atoms with Gasteiger partial charge in [-0.25, -0.2) is 4.98 Å². The van der Waals surface area contributed by atoms with Gasteiger partial charge in [0.15, 0.2) is 0 Å². The highest BCUT2D eigenvalue weighted by Crippen LogP contribution is 2.30. The Labute approximate surface area is 115 Å². The van der Waals surface area contributed by atoms with Crippen LogP contribution < -0.4 is 10.5 Å². The van der Waals surface area contributed by atoms with Crippen LogP contribution in [0, 0.1) is 5.92 Å². The van der Waals surface area contributed by atoms with E-state index in [9.17, 15) is 13.2 Å². The summed E-state index contributed by atoms with van der Waals surface area (Å²) in [7, 11) is 0. The maximum atomic E-state index is 12.6. The number of ether oxygens (including phenoxy) is 1. The molecule has 2 N–H and O–H groups in total. The normalized spacial score (nSPS) is 11.7. The minimum Gasteiger partial charge on any atom is -0.477 e. The van der Waals surface area contributed by atoms with Crippen LogP contribution in [0.4, 0.5) is 13.2 Å². The first-order valence-electron chi connectivity index (χ1n) is 5.72. The molecule has 7 heteroatoms. The van der Waals surface area contributed by atoms with E-state index in [4.69, 9.17) is 22.7 Å². The molecule has 3 nitrogen and oxygen atoms in total. The number of hydrogen-bond donors (Lipinski definition) is 1. The van der Waals surface area contributed by atoms with Gasteiger partial charge in [0.1, 0.15) is 10.7 Å². The smallest absolute Gasteiger partial charge is 0.433 e. The number of nitrogens with zero attached hydrogens (tertiary/aromatic N) is 1. The van der Waals surface area contributed by atoms with Crippen LogP contribution in [0.3, 0.4) is 0 Å². The first-order valence-corrected chi connectivity index (χ1v) is 6.13. The van der Waals surface area contributed by atoms with E-state index in [2.05, 4.69) is 4.98 Å². The molecule has 19 heavy (non-hydrogen) atoms. The van der Waals surface area contributed by atoms with Crippen molar-refractivity contribution in [2.45, 2.75) is 26.4 Å². The minimum atomic E-state index is -4.52. The average molecular weight is 292 g/mol. The molecule has 106 valence electrons. The summed E-state index contributed by atoms with van der Waals surface area (Å²) in [5.41, 5.74) is 4.63. The number of thiocarbonyl (C=S) groups is 1. The molecule has 1 aromatic heterocycles. The van der Waals surface area contributed by atoms with E-state index >= 15 is 0 Å². The monoisotopic (exact) mass is 292 g/mol. The molecule has 1 heterocycles. The van der Waals surface area contributed by atoms with Crippen molar-refractivity contribution in [3.8, 4) is 5.88 Å². The van der Waals surface area contributed by atoms with Gasteiger partial charge in [0.2, 0.25) is 5.88 Å². The lowest BCUT2D eigenvalue weighted by Gasteiger charge is -2.13. The van der Waals surface area contributed by atoms with Crippen LogP contribution >= 0.6 is 12.2 Å². The van der Waals surface area contributed by atoms with Crippen LogP contribution in [0.15, 0.2) is 12.1 Å². The van der Waals surface area contributed by atoms with Gasteiger partial charge in [0.25, 0.3) is 0 Å². The van der Waals surface area contributed by atoms with Gasteiger partial charge in [-0.1, -0.05) is 26.1 Å². The van der Waals surface area contributed by atoms with Crippen molar-refractivity contribution in [3.63, 3.8) is 0 Å². The van der Waals surface area contributed by atoms with E-state index in [-0.39, 0.29) is 23.0 Å². The Morgan fingerprint density at radius 2 is 2.05 bits per heavy atom. The molecule has 0 bridgehead atoms. The summed E-state index contributed by atoms with van der Waals surface area (Å²) >= 11 is 4.76. The molecule has 1 aromatic rings. The predicted molar refractivity (Wildman–Crippen MR) is 70.1 cm³/mol. The van der Waals surface area contributed by atoms with Crippen molar-refractivity contribution in [1.82, 2.24) is 4.98 Å². The Morgan fingerprint density at radius 1 is 1.42 bits per heavy atom. The first kappa shape index (κ1) is 15.7. The average Bonchev–Trinajstić information content (AvgIpc) is 2.26. The molecule has 0 radical (unpaired) electrons. The maximum Gasteiger partial charge on any atom is 0.433 e. The molecule has 0 unspecified atom stereocenters. The third-order valence-electron chi connectivity index (χ3n) is 2.35. The van der Waals surface area contributed by atoms with Gasteiger partial charge in [-0.05, 0) is 24.5 Å². The fourth-order valence-electron chi connectivity index (χ4n) is 1.29. The second-order valence-electron chi connectivity index (χ2n) is 4.44. The third kappa shape index (κ3) is 4.66. The van der Waals surface area contributed by atoms with Crippen LogP contribution in [0.2, 0.25) is 0 Å². The van der Waals surface area contributed by atoms with E-state index < -0.39 is 11.9 Å². The van der Waals surface area contributed by atoms with Gasteiger partial charge in [-0.2, -0.15) is 13.2 Å². The second-order valence-corrected chi connectivity index (χ2v) is 4.88. The molecule has 0 spiro atoms. The standard InChI is InChI=1S/C12H15F3N2OS/c1-7(2)5-6-18-11-8(10(16)19)3-4-9(17-11)12(13,14)15/h3-4,7H,5-6H2,1-2H3,(H2,16,19). The largest absolute Gasteiger partial charge is 0.477 e. The van der Waals surface area contributed by atoms with Crippen molar-refractivity contribution in [2.75, 3.05) is 6.61 Å². The predicted octanol–water partition coefficient (Wildman–Crippen LogP) is 3.16. The quantitative estimate of drug-likeness (QED) is 0.847. The fraction of sp³-hybridized carbons (Fsp3) is 0.500. The molecule has 0 amide bonds. The highest BCUT2D eigenvalue weighted by molar-refractivity contribution is 7.80. The Balaban J connectivity index is 2.99. The van der Waals surface area contributed by atoms with Gasteiger partial charge in [-0.3, -0.25) is 0 Å². The second kappa shape index (κ2) is 6.18.